The highest BCUT2D eigenvalue weighted by Gasteiger charge is 2.50. The highest BCUT2D eigenvalue weighted by molar-refractivity contribution is 5.69. The van der Waals surface area contributed by atoms with Crippen molar-refractivity contribution in [3.63, 3.8) is 0 Å². The first kappa shape index (κ1) is 8.39. The molecule has 11 heavy (non-hydrogen) atoms. The highest BCUT2D eigenvalue weighted by Crippen LogP contribution is 2.40. The molecule has 0 aliphatic heterocycles. The van der Waals surface area contributed by atoms with Gasteiger partial charge in [0.1, 0.15) is 0 Å². The summed E-state index contributed by atoms with van der Waals surface area (Å²) in [5.41, 5.74) is -1.18. The van der Waals surface area contributed by atoms with E-state index in [0.717, 1.165) is 0 Å². The first-order chi connectivity index (χ1) is 5.07. The lowest BCUT2D eigenvalue weighted by Gasteiger charge is -2.13. The summed E-state index contributed by atoms with van der Waals surface area (Å²) in [4.78, 5) is 9.99. The van der Waals surface area contributed by atoms with E-state index in [1.165, 1.54) is 0 Å². The minimum absolute atomic E-state index is 0.373. The molecule has 1 rings (SSSR count). The van der Waals surface area contributed by atoms with E-state index in [2.05, 4.69) is 5.32 Å². The van der Waals surface area contributed by atoms with Crippen molar-refractivity contribution in [1.82, 2.24) is 5.32 Å². The Kier molecular flexibility index (Phi) is 2.08. The van der Waals surface area contributed by atoms with Crippen LogP contribution in [0.1, 0.15) is 12.8 Å². The predicted octanol–water partition coefficient (Wildman–Crippen LogP) is 0.458. The molecule has 0 spiro atoms. The molecule has 1 aliphatic rings. The topological polar surface area (TPSA) is 49.3 Å². The Labute approximate surface area is 62.4 Å². The van der Waals surface area contributed by atoms with Crippen molar-refractivity contribution in [1.29, 1.82) is 0 Å². The standard InChI is InChI=1S/C6H9F2NO2/c7-5(8)6(1-2-6)9-3-4(10)11/h5,9H,1-3H2,(H,10,11). The number of carboxylic acids is 1. The third kappa shape index (κ3) is 1.86. The number of carbonyl (C=O) groups is 1. The lowest BCUT2D eigenvalue weighted by Crippen LogP contribution is -2.41. The molecule has 1 aliphatic carbocycles. The fourth-order valence-corrected chi connectivity index (χ4v) is 0.858. The molecule has 1 saturated carbocycles. The molecule has 0 aromatic rings. The minimum atomic E-state index is -2.46. The van der Waals surface area contributed by atoms with Gasteiger partial charge in [0.05, 0.1) is 12.1 Å². The summed E-state index contributed by atoms with van der Waals surface area (Å²) in [6.45, 7) is -0.385. The van der Waals surface area contributed by atoms with Crippen LogP contribution in [0.3, 0.4) is 0 Å². The molecule has 0 radical (unpaired) electrons. The number of nitrogens with one attached hydrogen (secondary N) is 1. The third-order valence-corrected chi connectivity index (χ3v) is 1.80. The number of alkyl halides is 2. The Morgan fingerprint density at radius 2 is 2.18 bits per heavy atom. The molecule has 0 bridgehead atoms. The molecule has 0 heterocycles. The van der Waals surface area contributed by atoms with E-state index in [0.29, 0.717) is 12.8 Å². The van der Waals surface area contributed by atoms with Crippen molar-refractivity contribution in [2.24, 2.45) is 0 Å². The average molecular weight is 165 g/mol. The molecule has 3 nitrogen and oxygen atoms in total. The maximum atomic E-state index is 12.1. The van der Waals surface area contributed by atoms with Crippen molar-refractivity contribution in [2.45, 2.75) is 24.8 Å². The summed E-state index contributed by atoms with van der Waals surface area (Å²) < 4.78 is 24.1. The van der Waals surface area contributed by atoms with Gasteiger partial charge in [0.2, 0.25) is 0 Å². The van der Waals surface area contributed by atoms with Gasteiger partial charge in [0.15, 0.2) is 0 Å². The number of hydrogen-bond donors (Lipinski definition) is 2. The number of rotatable bonds is 4. The molecule has 64 valence electrons. The van der Waals surface area contributed by atoms with E-state index in [-0.39, 0.29) is 6.54 Å². The summed E-state index contributed by atoms with van der Waals surface area (Å²) in [7, 11) is 0. The fourth-order valence-electron chi connectivity index (χ4n) is 0.858. The predicted molar refractivity (Wildman–Crippen MR) is 33.6 cm³/mol. The van der Waals surface area contributed by atoms with Crippen LogP contribution in [0.15, 0.2) is 0 Å². The summed E-state index contributed by atoms with van der Waals surface area (Å²) in [5.74, 6) is -1.10. The minimum Gasteiger partial charge on any atom is -0.480 e. The lowest BCUT2D eigenvalue weighted by molar-refractivity contribution is -0.136. The zero-order valence-corrected chi connectivity index (χ0v) is 5.81. The van der Waals surface area contributed by atoms with Crippen molar-refractivity contribution in [2.75, 3.05) is 6.54 Å². The van der Waals surface area contributed by atoms with Crippen molar-refractivity contribution in [3.8, 4) is 0 Å². The maximum Gasteiger partial charge on any atom is 0.317 e. The number of carboxylic acid groups (broad SMARTS) is 1. The van der Waals surface area contributed by atoms with Crippen LogP contribution in [0.4, 0.5) is 8.78 Å². The normalized spacial score (nSPS) is 20.3. The first-order valence-electron chi connectivity index (χ1n) is 3.32. The fraction of sp³-hybridized carbons (Fsp3) is 0.833. The first-order valence-corrected chi connectivity index (χ1v) is 3.32. The molecule has 0 atom stereocenters. The second-order valence-electron chi connectivity index (χ2n) is 2.70. The van der Waals surface area contributed by atoms with E-state index >= 15 is 0 Å². The quantitative estimate of drug-likeness (QED) is 0.636. The highest BCUT2D eigenvalue weighted by atomic mass is 19.3. The van der Waals surface area contributed by atoms with Gasteiger partial charge in [-0.15, -0.1) is 0 Å². The van der Waals surface area contributed by atoms with E-state index in [9.17, 15) is 13.6 Å². The SMILES string of the molecule is O=C(O)CNC1(C(F)F)CC1. The maximum absolute atomic E-state index is 12.1. The second-order valence-corrected chi connectivity index (χ2v) is 2.70. The Morgan fingerprint density at radius 1 is 1.64 bits per heavy atom. The summed E-state index contributed by atoms with van der Waals surface area (Å²) >= 11 is 0. The molecule has 0 saturated heterocycles. The number of aliphatic carboxylic acids is 1. The Hall–Kier alpha value is -0.710. The van der Waals surface area contributed by atoms with Gasteiger partial charge in [-0.05, 0) is 12.8 Å². The summed E-state index contributed by atoms with van der Waals surface area (Å²) in [5, 5.41) is 10.5. The molecule has 5 heteroatoms. The molecule has 2 N–H and O–H groups in total. The van der Waals surface area contributed by atoms with Gasteiger partial charge >= 0.3 is 5.97 Å². The summed E-state index contributed by atoms with van der Waals surface area (Å²) in [6.07, 6.45) is -1.71. The van der Waals surface area contributed by atoms with Crippen LogP contribution in [0, 0.1) is 0 Å². The second kappa shape index (κ2) is 2.73. The van der Waals surface area contributed by atoms with Crippen LogP contribution in [0.25, 0.3) is 0 Å². The number of halogens is 2. The van der Waals surface area contributed by atoms with Gasteiger partial charge in [-0.2, -0.15) is 0 Å². The molecule has 0 unspecified atom stereocenters. The van der Waals surface area contributed by atoms with Gasteiger partial charge in [0.25, 0.3) is 6.43 Å². The zero-order valence-electron chi connectivity index (χ0n) is 5.81. The van der Waals surface area contributed by atoms with Crippen molar-refractivity contribution < 1.29 is 18.7 Å². The van der Waals surface area contributed by atoms with Crippen molar-refractivity contribution in [3.05, 3.63) is 0 Å². The largest absolute Gasteiger partial charge is 0.480 e. The molecule has 1 fully saturated rings. The monoisotopic (exact) mass is 165 g/mol. The smallest absolute Gasteiger partial charge is 0.317 e. The lowest BCUT2D eigenvalue weighted by atomic mass is 10.3. The van der Waals surface area contributed by atoms with Crippen LogP contribution in [-0.4, -0.2) is 29.6 Å². The molecular weight excluding hydrogens is 156 g/mol. The van der Waals surface area contributed by atoms with E-state index in [4.69, 9.17) is 5.11 Å². The number of hydrogen-bond acceptors (Lipinski definition) is 2. The molecule has 0 aromatic heterocycles. The van der Waals surface area contributed by atoms with Crippen LogP contribution >= 0.6 is 0 Å². The zero-order chi connectivity index (χ0) is 8.48. The molecule has 0 amide bonds. The van der Waals surface area contributed by atoms with E-state index < -0.39 is 17.9 Å². The third-order valence-electron chi connectivity index (χ3n) is 1.80. The summed E-state index contributed by atoms with van der Waals surface area (Å²) in [6, 6.07) is 0. The Bertz CT molecular complexity index is 168. The Balaban J connectivity index is 2.30. The van der Waals surface area contributed by atoms with Crippen molar-refractivity contribution >= 4 is 5.97 Å². The van der Waals surface area contributed by atoms with Crippen LogP contribution in [0.2, 0.25) is 0 Å². The van der Waals surface area contributed by atoms with Gasteiger partial charge in [-0.1, -0.05) is 0 Å². The van der Waals surface area contributed by atoms with Crippen LogP contribution in [0.5, 0.6) is 0 Å². The van der Waals surface area contributed by atoms with Gasteiger partial charge < -0.3 is 5.11 Å². The van der Waals surface area contributed by atoms with Crippen LogP contribution < -0.4 is 5.32 Å². The molecular formula is C6H9F2NO2. The van der Waals surface area contributed by atoms with Gasteiger partial charge in [0, 0.05) is 0 Å². The van der Waals surface area contributed by atoms with Gasteiger partial charge in [-0.3, -0.25) is 10.1 Å². The van der Waals surface area contributed by atoms with E-state index in [1.54, 1.807) is 0 Å². The van der Waals surface area contributed by atoms with E-state index in [1.807, 2.05) is 0 Å². The average Bonchev–Trinajstić information content (AvgIpc) is 2.63. The Morgan fingerprint density at radius 3 is 2.45 bits per heavy atom. The molecule has 0 aromatic carbocycles. The van der Waals surface area contributed by atoms with Crippen LogP contribution in [-0.2, 0) is 4.79 Å². The van der Waals surface area contributed by atoms with Gasteiger partial charge in [-0.25, -0.2) is 8.78 Å².